The second kappa shape index (κ2) is 9.37. The maximum absolute atomic E-state index is 4.89. The van der Waals surface area contributed by atoms with Gasteiger partial charge in [-0.25, -0.2) is 9.97 Å². The van der Waals surface area contributed by atoms with Crippen molar-refractivity contribution >= 4 is 22.7 Å². The van der Waals surface area contributed by atoms with E-state index in [1.165, 1.54) is 16.3 Å². The number of rotatable bonds is 5. The molecule has 1 N–H and O–H groups in total. The molecule has 0 spiro atoms. The number of aliphatic imine (C=N–C) groups is 1. The average molecular weight is 389 g/mol. The minimum absolute atomic E-state index is 0.780. The third-order valence-corrected chi connectivity index (χ3v) is 5.23. The lowest BCUT2D eigenvalue weighted by atomic mass is 10.1. The summed E-state index contributed by atoms with van der Waals surface area (Å²) in [5.74, 6) is 1.81. The van der Waals surface area contributed by atoms with Crippen molar-refractivity contribution in [1.29, 1.82) is 0 Å². The van der Waals surface area contributed by atoms with Gasteiger partial charge in [0.2, 0.25) is 5.95 Å². The Balaban J connectivity index is 1.36. The number of anilines is 1. The maximum Gasteiger partial charge on any atom is 0.225 e. The standard InChI is InChI=1S/C23H28N6/c1-2-24-22(28-14-16-29(17-15-28)23-25-11-5-12-26-23)27-13-10-19-8-9-20-6-3-4-7-21(20)18-19/h3-9,11-12,18H,2,10,13-17H2,1H3,(H,24,27). The molecule has 0 amide bonds. The molecule has 0 atom stereocenters. The van der Waals surface area contributed by atoms with Crippen LogP contribution < -0.4 is 10.2 Å². The van der Waals surface area contributed by atoms with E-state index in [1.54, 1.807) is 12.4 Å². The third kappa shape index (κ3) is 4.83. The van der Waals surface area contributed by atoms with Gasteiger partial charge in [0.15, 0.2) is 5.96 Å². The molecule has 1 fully saturated rings. The van der Waals surface area contributed by atoms with Crippen LogP contribution in [0.15, 0.2) is 65.9 Å². The van der Waals surface area contributed by atoms with Crippen LogP contribution in [0.4, 0.5) is 5.95 Å². The van der Waals surface area contributed by atoms with E-state index in [1.807, 2.05) is 6.07 Å². The topological polar surface area (TPSA) is 56.7 Å². The highest BCUT2D eigenvalue weighted by atomic mass is 15.4. The molecule has 0 radical (unpaired) electrons. The molecule has 6 nitrogen and oxygen atoms in total. The summed E-state index contributed by atoms with van der Waals surface area (Å²) in [4.78, 5) is 18.2. The van der Waals surface area contributed by atoms with Gasteiger partial charge in [-0.2, -0.15) is 0 Å². The Kier molecular flexibility index (Phi) is 6.19. The van der Waals surface area contributed by atoms with Gasteiger partial charge in [0, 0.05) is 51.7 Å². The number of fused-ring (bicyclic) bond motifs is 1. The molecule has 3 aromatic rings. The van der Waals surface area contributed by atoms with E-state index in [9.17, 15) is 0 Å². The van der Waals surface area contributed by atoms with Crippen LogP contribution in [0.5, 0.6) is 0 Å². The van der Waals surface area contributed by atoms with Gasteiger partial charge in [-0.3, -0.25) is 4.99 Å². The first kappa shape index (κ1) is 19.2. The lowest BCUT2D eigenvalue weighted by Crippen LogP contribution is -2.53. The summed E-state index contributed by atoms with van der Waals surface area (Å²) in [6, 6.07) is 17.0. The fourth-order valence-corrected chi connectivity index (χ4v) is 3.68. The fraction of sp³-hybridized carbons (Fsp3) is 0.348. The normalized spacial score (nSPS) is 15.0. The predicted molar refractivity (Wildman–Crippen MR) is 119 cm³/mol. The summed E-state index contributed by atoms with van der Waals surface area (Å²) >= 11 is 0. The second-order valence-electron chi connectivity index (χ2n) is 7.19. The van der Waals surface area contributed by atoms with Crippen molar-refractivity contribution in [3.05, 3.63) is 66.5 Å². The third-order valence-electron chi connectivity index (χ3n) is 5.23. The molecule has 2 aromatic carbocycles. The van der Waals surface area contributed by atoms with E-state index >= 15 is 0 Å². The number of piperazine rings is 1. The van der Waals surface area contributed by atoms with Crippen molar-refractivity contribution in [1.82, 2.24) is 20.2 Å². The molecule has 29 heavy (non-hydrogen) atoms. The Hall–Kier alpha value is -3.15. The Labute approximate surface area is 172 Å². The summed E-state index contributed by atoms with van der Waals surface area (Å²) in [5.41, 5.74) is 1.33. The van der Waals surface area contributed by atoms with Gasteiger partial charge in [-0.1, -0.05) is 42.5 Å². The van der Waals surface area contributed by atoms with Gasteiger partial charge in [0.1, 0.15) is 0 Å². The van der Waals surface area contributed by atoms with Crippen LogP contribution in [0.2, 0.25) is 0 Å². The minimum Gasteiger partial charge on any atom is -0.357 e. The Morgan fingerprint density at radius 1 is 0.966 bits per heavy atom. The van der Waals surface area contributed by atoms with Crippen LogP contribution in [0.3, 0.4) is 0 Å². The summed E-state index contributed by atoms with van der Waals surface area (Å²) in [5, 5.41) is 6.03. The molecule has 1 aliphatic rings. The molecule has 4 rings (SSSR count). The first-order valence-corrected chi connectivity index (χ1v) is 10.4. The predicted octanol–water partition coefficient (Wildman–Crippen LogP) is 2.96. The Morgan fingerprint density at radius 3 is 2.48 bits per heavy atom. The van der Waals surface area contributed by atoms with E-state index in [2.05, 4.69) is 74.5 Å². The number of nitrogens with one attached hydrogen (secondary N) is 1. The molecule has 1 aliphatic heterocycles. The quantitative estimate of drug-likeness (QED) is 0.538. The van der Waals surface area contributed by atoms with Crippen LogP contribution in [-0.4, -0.2) is 60.1 Å². The maximum atomic E-state index is 4.89. The van der Waals surface area contributed by atoms with Crippen LogP contribution in [0.1, 0.15) is 12.5 Å². The first-order chi connectivity index (χ1) is 14.3. The molecule has 1 aromatic heterocycles. The summed E-state index contributed by atoms with van der Waals surface area (Å²) < 4.78 is 0. The van der Waals surface area contributed by atoms with E-state index in [0.717, 1.165) is 57.6 Å². The largest absolute Gasteiger partial charge is 0.357 e. The zero-order chi connectivity index (χ0) is 19.9. The highest BCUT2D eigenvalue weighted by molar-refractivity contribution is 5.83. The minimum atomic E-state index is 0.780. The highest BCUT2D eigenvalue weighted by Gasteiger charge is 2.20. The van der Waals surface area contributed by atoms with Crippen LogP contribution >= 0.6 is 0 Å². The number of hydrogen-bond donors (Lipinski definition) is 1. The molecule has 150 valence electrons. The molecule has 2 heterocycles. The molecular weight excluding hydrogens is 360 g/mol. The second-order valence-corrected chi connectivity index (χ2v) is 7.19. The van der Waals surface area contributed by atoms with Crippen molar-refractivity contribution in [3.63, 3.8) is 0 Å². The molecule has 0 bridgehead atoms. The van der Waals surface area contributed by atoms with Crippen LogP contribution in [0, 0.1) is 0 Å². The van der Waals surface area contributed by atoms with Crippen molar-refractivity contribution in [2.75, 3.05) is 44.2 Å². The summed E-state index contributed by atoms with van der Waals surface area (Å²) in [6.07, 6.45) is 4.54. The summed E-state index contributed by atoms with van der Waals surface area (Å²) in [6.45, 7) is 7.41. The molecular formula is C23H28N6. The average Bonchev–Trinajstić information content (AvgIpc) is 2.79. The number of benzene rings is 2. The SMILES string of the molecule is CCNC(=NCCc1ccc2ccccc2c1)N1CCN(c2ncccn2)CC1. The van der Waals surface area contributed by atoms with Gasteiger partial charge in [-0.05, 0) is 35.7 Å². The van der Waals surface area contributed by atoms with Gasteiger partial charge in [0.25, 0.3) is 0 Å². The molecule has 6 heteroatoms. The van der Waals surface area contributed by atoms with Crippen molar-refractivity contribution in [2.24, 2.45) is 4.99 Å². The molecule has 0 aliphatic carbocycles. The number of hydrogen-bond acceptors (Lipinski definition) is 4. The molecule has 0 unspecified atom stereocenters. The van der Waals surface area contributed by atoms with E-state index in [4.69, 9.17) is 4.99 Å². The number of aromatic nitrogens is 2. The lowest BCUT2D eigenvalue weighted by molar-refractivity contribution is 0.370. The highest BCUT2D eigenvalue weighted by Crippen LogP contribution is 2.16. The smallest absolute Gasteiger partial charge is 0.225 e. The van der Waals surface area contributed by atoms with Gasteiger partial charge in [0.05, 0.1) is 0 Å². The lowest BCUT2D eigenvalue weighted by Gasteiger charge is -2.36. The first-order valence-electron chi connectivity index (χ1n) is 10.4. The molecule has 0 saturated carbocycles. The van der Waals surface area contributed by atoms with Gasteiger partial charge >= 0.3 is 0 Å². The van der Waals surface area contributed by atoms with Crippen molar-refractivity contribution < 1.29 is 0 Å². The summed E-state index contributed by atoms with van der Waals surface area (Å²) in [7, 11) is 0. The Morgan fingerprint density at radius 2 is 1.72 bits per heavy atom. The fourth-order valence-electron chi connectivity index (χ4n) is 3.68. The van der Waals surface area contributed by atoms with Gasteiger partial charge < -0.3 is 15.1 Å². The number of nitrogens with zero attached hydrogens (tertiary/aromatic N) is 5. The van der Waals surface area contributed by atoms with E-state index in [-0.39, 0.29) is 0 Å². The van der Waals surface area contributed by atoms with Crippen molar-refractivity contribution in [3.8, 4) is 0 Å². The zero-order valence-corrected chi connectivity index (χ0v) is 17.0. The van der Waals surface area contributed by atoms with Crippen LogP contribution in [-0.2, 0) is 6.42 Å². The van der Waals surface area contributed by atoms with Crippen molar-refractivity contribution in [2.45, 2.75) is 13.3 Å². The van der Waals surface area contributed by atoms with Crippen LogP contribution in [0.25, 0.3) is 10.8 Å². The monoisotopic (exact) mass is 388 g/mol. The zero-order valence-electron chi connectivity index (χ0n) is 17.0. The van der Waals surface area contributed by atoms with Gasteiger partial charge in [-0.15, -0.1) is 0 Å². The molecule has 1 saturated heterocycles. The number of guanidine groups is 1. The van der Waals surface area contributed by atoms with E-state index in [0.29, 0.717) is 0 Å². The Bertz CT molecular complexity index is 948. The van der Waals surface area contributed by atoms with E-state index < -0.39 is 0 Å².